The van der Waals surface area contributed by atoms with Crippen molar-refractivity contribution in [1.82, 2.24) is 4.98 Å². The third kappa shape index (κ3) is 3.91. The summed E-state index contributed by atoms with van der Waals surface area (Å²) in [6.45, 7) is 0.743. The van der Waals surface area contributed by atoms with Crippen LogP contribution >= 0.6 is 23.8 Å². The van der Waals surface area contributed by atoms with Crippen LogP contribution in [0.1, 0.15) is 11.3 Å². The van der Waals surface area contributed by atoms with Gasteiger partial charge in [-0.1, -0.05) is 29.9 Å². The number of aromatic nitrogens is 1. The zero-order valence-corrected chi connectivity index (χ0v) is 11.8. The second-order valence-corrected chi connectivity index (χ2v) is 4.93. The molecule has 0 aliphatic carbocycles. The lowest BCUT2D eigenvalue weighted by molar-refractivity contribution is 0.961. The average molecular weight is 292 g/mol. The van der Waals surface area contributed by atoms with E-state index in [1.807, 2.05) is 30.3 Å². The Morgan fingerprint density at radius 3 is 2.84 bits per heavy atom. The van der Waals surface area contributed by atoms with Crippen molar-refractivity contribution in [1.29, 1.82) is 0 Å². The third-order valence-corrected chi connectivity index (χ3v) is 3.12. The number of rotatable bonds is 5. The van der Waals surface area contributed by atoms with Crippen molar-refractivity contribution >= 4 is 34.5 Å². The molecule has 3 N–H and O–H groups in total. The molecule has 0 spiro atoms. The summed E-state index contributed by atoms with van der Waals surface area (Å²) in [5.41, 5.74) is 8.38. The Bertz CT molecular complexity index is 572. The molecule has 0 atom stereocenters. The normalized spacial score (nSPS) is 10.2. The fourth-order valence-electron chi connectivity index (χ4n) is 1.75. The largest absolute Gasteiger partial charge is 0.389 e. The molecular weight excluding hydrogens is 278 g/mol. The van der Waals surface area contributed by atoms with Gasteiger partial charge in [-0.3, -0.25) is 4.98 Å². The van der Waals surface area contributed by atoms with Gasteiger partial charge in [-0.05, 0) is 30.3 Å². The van der Waals surface area contributed by atoms with Crippen LogP contribution in [0.4, 0.5) is 5.69 Å². The maximum absolute atomic E-state index is 5.98. The van der Waals surface area contributed by atoms with Gasteiger partial charge in [-0.2, -0.15) is 0 Å². The Morgan fingerprint density at radius 2 is 2.16 bits per heavy atom. The molecule has 0 fully saturated rings. The molecule has 1 heterocycles. The van der Waals surface area contributed by atoms with Crippen molar-refractivity contribution in [2.45, 2.75) is 6.42 Å². The van der Waals surface area contributed by atoms with Crippen LogP contribution in [-0.4, -0.2) is 16.5 Å². The quantitative estimate of drug-likeness (QED) is 0.832. The number of hydrogen-bond acceptors (Lipinski definition) is 3. The van der Waals surface area contributed by atoms with Gasteiger partial charge in [0.15, 0.2) is 0 Å². The Balaban J connectivity index is 2.03. The van der Waals surface area contributed by atoms with E-state index in [1.165, 1.54) is 0 Å². The minimum absolute atomic E-state index is 0.358. The minimum Gasteiger partial charge on any atom is -0.389 e. The van der Waals surface area contributed by atoms with E-state index in [1.54, 1.807) is 12.3 Å². The Morgan fingerprint density at radius 1 is 1.32 bits per heavy atom. The van der Waals surface area contributed by atoms with Gasteiger partial charge in [0.25, 0.3) is 0 Å². The van der Waals surface area contributed by atoms with E-state index in [9.17, 15) is 0 Å². The maximum Gasteiger partial charge on any atom is 0.106 e. The summed E-state index contributed by atoms with van der Waals surface area (Å²) < 4.78 is 0. The molecule has 1 aromatic carbocycles. The molecular formula is C14H14ClN3S. The van der Waals surface area contributed by atoms with Crippen LogP contribution in [0.15, 0.2) is 42.6 Å². The van der Waals surface area contributed by atoms with E-state index < -0.39 is 0 Å². The summed E-state index contributed by atoms with van der Waals surface area (Å²) in [4.78, 5) is 4.63. The lowest BCUT2D eigenvalue weighted by atomic mass is 10.1. The van der Waals surface area contributed by atoms with Crippen LogP contribution in [0.2, 0.25) is 5.02 Å². The molecule has 0 saturated heterocycles. The van der Waals surface area contributed by atoms with Gasteiger partial charge in [0, 0.05) is 41.1 Å². The first kappa shape index (κ1) is 13.8. The van der Waals surface area contributed by atoms with Gasteiger partial charge in [0.05, 0.1) is 0 Å². The van der Waals surface area contributed by atoms with E-state index in [0.29, 0.717) is 10.0 Å². The zero-order valence-electron chi connectivity index (χ0n) is 10.3. The summed E-state index contributed by atoms with van der Waals surface area (Å²) in [7, 11) is 0. The summed E-state index contributed by atoms with van der Waals surface area (Å²) >= 11 is 11.0. The van der Waals surface area contributed by atoms with Crippen molar-refractivity contribution in [3.8, 4) is 0 Å². The Hall–Kier alpha value is -1.65. The molecule has 98 valence electrons. The number of halogens is 1. The molecule has 1 aromatic heterocycles. The van der Waals surface area contributed by atoms with E-state index >= 15 is 0 Å². The molecule has 0 radical (unpaired) electrons. The Kier molecular flexibility index (Phi) is 4.71. The highest BCUT2D eigenvalue weighted by molar-refractivity contribution is 7.80. The molecule has 2 aromatic rings. The van der Waals surface area contributed by atoms with Crippen molar-refractivity contribution in [3.63, 3.8) is 0 Å². The summed E-state index contributed by atoms with van der Waals surface area (Å²) in [6, 6.07) is 11.3. The highest BCUT2D eigenvalue weighted by Crippen LogP contribution is 2.21. The van der Waals surface area contributed by atoms with Crippen molar-refractivity contribution in [3.05, 3.63) is 58.9 Å². The van der Waals surface area contributed by atoms with E-state index in [2.05, 4.69) is 10.3 Å². The summed E-state index contributed by atoms with van der Waals surface area (Å²) in [5.74, 6) is 0. The van der Waals surface area contributed by atoms with Gasteiger partial charge >= 0.3 is 0 Å². The lowest BCUT2D eigenvalue weighted by Gasteiger charge is -2.11. The smallest absolute Gasteiger partial charge is 0.106 e. The fourth-order valence-corrected chi connectivity index (χ4v) is 2.10. The maximum atomic E-state index is 5.98. The van der Waals surface area contributed by atoms with Gasteiger partial charge < -0.3 is 11.1 Å². The van der Waals surface area contributed by atoms with E-state index in [0.717, 1.165) is 29.9 Å². The number of nitrogens with zero attached hydrogens (tertiary/aromatic N) is 1. The summed E-state index contributed by atoms with van der Waals surface area (Å²) in [5, 5.41) is 3.95. The highest BCUT2D eigenvalue weighted by atomic mass is 35.5. The van der Waals surface area contributed by atoms with Gasteiger partial charge in [-0.25, -0.2) is 0 Å². The predicted octanol–water partition coefficient (Wildman–Crippen LogP) is 3.02. The van der Waals surface area contributed by atoms with Gasteiger partial charge in [0.2, 0.25) is 0 Å². The molecule has 0 aliphatic rings. The first-order chi connectivity index (χ1) is 9.16. The van der Waals surface area contributed by atoms with Crippen molar-refractivity contribution in [2.24, 2.45) is 5.73 Å². The topological polar surface area (TPSA) is 50.9 Å². The molecule has 0 bridgehead atoms. The second kappa shape index (κ2) is 6.50. The fraction of sp³-hybridized carbons (Fsp3) is 0.143. The number of nitrogens with two attached hydrogens (primary N) is 1. The van der Waals surface area contributed by atoms with Crippen molar-refractivity contribution < 1.29 is 0 Å². The third-order valence-electron chi connectivity index (χ3n) is 2.67. The molecule has 0 amide bonds. The van der Waals surface area contributed by atoms with Crippen LogP contribution in [0.3, 0.4) is 0 Å². The van der Waals surface area contributed by atoms with Gasteiger partial charge in [0.1, 0.15) is 4.99 Å². The number of nitrogens with one attached hydrogen (secondary N) is 1. The highest BCUT2D eigenvalue weighted by Gasteiger charge is 2.05. The SMILES string of the molecule is NC(=S)c1ccc(Cl)cc1NCCc1ccccn1. The molecule has 19 heavy (non-hydrogen) atoms. The average Bonchev–Trinajstić information content (AvgIpc) is 2.39. The second-order valence-electron chi connectivity index (χ2n) is 4.05. The van der Waals surface area contributed by atoms with Crippen LogP contribution in [0, 0.1) is 0 Å². The van der Waals surface area contributed by atoms with Gasteiger partial charge in [-0.15, -0.1) is 0 Å². The molecule has 0 unspecified atom stereocenters. The number of anilines is 1. The summed E-state index contributed by atoms with van der Waals surface area (Å²) in [6.07, 6.45) is 2.61. The van der Waals surface area contributed by atoms with Crippen molar-refractivity contribution in [2.75, 3.05) is 11.9 Å². The minimum atomic E-state index is 0.358. The molecule has 0 aliphatic heterocycles. The number of thiocarbonyl (C=S) groups is 1. The molecule has 3 nitrogen and oxygen atoms in total. The zero-order chi connectivity index (χ0) is 13.7. The molecule has 0 saturated carbocycles. The monoisotopic (exact) mass is 291 g/mol. The van der Waals surface area contributed by atoms with E-state index in [4.69, 9.17) is 29.6 Å². The number of hydrogen-bond donors (Lipinski definition) is 2. The lowest BCUT2D eigenvalue weighted by Crippen LogP contribution is -2.14. The standard InChI is InChI=1S/C14H14ClN3S/c15-10-4-5-12(14(16)19)13(9-10)18-8-6-11-3-1-2-7-17-11/h1-5,7,9,18H,6,8H2,(H2,16,19). The van der Waals surface area contributed by atoms with Crippen LogP contribution in [0.5, 0.6) is 0 Å². The first-order valence-electron chi connectivity index (χ1n) is 5.90. The number of pyridine rings is 1. The Labute approximate surface area is 122 Å². The molecule has 5 heteroatoms. The van der Waals surface area contributed by atoms with Crippen LogP contribution < -0.4 is 11.1 Å². The van der Waals surface area contributed by atoms with Crippen LogP contribution in [-0.2, 0) is 6.42 Å². The van der Waals surface area contributed by atoms with E-state index in [-0.39, 0.29) is 0 Å². The molecule has 2 rings (SSSR count). The number of benzene rings is 1. The van der Waals surface area contributed by atoms with Crippen LogP contribution in [0.25, 0.3) is 0 Å². The first-order valence-corrected chi connectivity index (χ1v) is 6.68. The predicted molar refractivity (Wildman–Crippen MR) is 83.8 cm³/mol.